The second kappa shape index (κ2) is 9.80. The molecule has 0 bridgehead atoms. The lowest BCUT2D eigenvalue weighted by Gasteiger charge is -2.26. The first kappa shape index (κ1) is 23.7. The Hall–Kier alpha value is -2.46. The lowest BCUT2D eigenvalue weighted by molar-refractivity contribution is -0.140. The first-order valence-electron chi connectivity index (χ1n) is 11.7. The Kier molecular flexibility index (Phi) is 7.04. The summed E-state index contributed by atoms with van der Waals surface area (Å²) in [4.78, 5) is 39.0. The Bertz CT molecular complexity index is 1010. The van der Waals surface area contributed by atoms with Gasteiger partial charge in [-0.15, -0.1) is 0 Å². The third-order valence-electron chi connectivity index (χ3n) is 6.88. The van der Waals surface area contributed by atoms with Gasteiger partial charge in [0.15, 0.2) is 0 Å². The fourth-order valence-corrected chi connectivity index (χ4v) is 6.79. The highest BCUT2D eigenvalue weighted by atomic mass is 32.2. The van der Waals surface area contributed by atoms with Crippen LogP contribution in [0.5, 0.6) is 5.75 Å². The zero-order valence-corrected chi connectivity index (χ0v) is 19.7. The van der Waals surface area contributed by atoms with Crippen molar-refractivity contribution in [2.75, 3.05) is 32.1 Å². The molecule has 2 heterocycles. The molecule has 2 aliphatic heterocycles. The molecule has 0 aromatic heterocycles. The number of fused-ring (bicyclic) bond motifs is 1. The van der Waals surface area contributed by atoms with Gasteiger partial charge < -0.3 is 10.1 Å². The zero-order valence-electron chi connectivity index (χ0n) is 18.9. The van der Waals surface area contributed by atoms with E-state index in [-0.39, 0.29) is 47.3 Å². The van der Waals surface area contributed by atoms with Gasteiger partial charge in [0.2, 0.25) is 27.7 Å². The minimum absolute atomic E-state index is 0.0127. The van der Waals surface area contributed by atoms with E-state index in [0.717, 1.165) is 44.9 Å². The lowest BCUT2D eigenvalue weighted by Crippen LogP contribution is -2.35. The van der Waals surface area contributed by atoms with Crippen molar-refractivity contribution >= 4 is 33.4 Å². The molecule has 0 spiro atoms. The Balaban J connectivity index is 1.42. The van der Waals surface area contributed by atoms with E-state index in [2.05, 4.69) is 5.32 Å². The van der Waals surface area contributed by atoms with Gasteiger partial charge in [0.25, 0.3) is 0 Å². The van der Waals surface area contributed by atoms with Gasteiger partial charge in [-0.2, -0.15) is 4.31 Å². The number of carbonyl (C=O) groups is 3. The van der Waals surface area contributed by atoms with Gasteiger partial charge in [0.05, 0.1) is 18.9 Å². The molecule has 10 heteroatoms. The number of amides is 3. The quantitative estimate of drug-likeness (QED) is 0.604. The van der Waals surface area contributed by atoms with Crippen LogP contribution in [0.2, 0.25) is 0 Å². The van der Waals surface area contributed by atoms with E-state index in [0.29, 0.717) is 18.8 Å². The second-order valence-electron chi connectivity index (χ2n) is 8.95. The number of nitrogens with zero attached hydrogens (tertiary/aromatic N) is 2. The Morgan fingerprint density at radius 1 is 1.03 bits per heavy atom. The van der Waals surface area contributed by atoms with Gasteiger partial charge in [0.1, 0.15) is 10.6 Å². The predicted octanol–water partition coefficient (Wildman–Crippen LogP) is 2.37. The molecule has 3 aliphatic rings. The molecule has 1 aromatic carbocycles. The van der Waals surface area contributed by atoms with Crippen LogP contribution < -0.4 is 10.1 Å². The zero-order chi connectivity index (χ0) is 23.6. The van der Waals surface area contributed by atoms with Crippen LogP contribution in [0.1, 0.15) is 51.4 Å². The first-order valence-corrected chi connectivity index (χ1v) is 13.1. The number of methoxy groups -OCH3 is 1. The largest absolute Gasteiger partial charge is 0.495 e. The minimum Gasteiger partial charge on any atom is -0.495 e. The average molecular weight is 478 g/mol. The number of anilines is 1. The monoisotopic (exact) mass is 477 g/mol. The van der Waals surface area contributed by atoms with E-state index < -0.39 is 15.9 Å². The Morgan fingerprint density at radius 3 is 2.27 bits per heavy atom. The van der Waals surface area contributed by atoms with Crippen LogP contribution in [-0.2, 0) is 24.4 Å². The summed E-state index contributed by atoms with van der Waals surface area (Å²) in [5.74, 6) is -0.989. The maximum Gasteiger partial charge on any atom is 0.246 e. The van der Waals surface area contributed by atoms with Crippen molar-refractivity contribution in [3.8, 4) is 5.75 Å². The summed E-state index contributed by atoms with van der Waals surface area (Å²) in [5, 5.41) is 2.70. The van der Waals surface area contributed by atoms with Gasteiger partial charge in [-0.3, -0.25) is 19.3 Å². The number of ether oxygens (including phenoxy) is 1. The van der Waals surface area contributed by atoms with E-state index in [9.17, 15) is 22.8 Å². The summed E-state index contributed by atoms with van der Waals surface area (Å²) in [6.07, 6.45) is 5.96. The van der Waals surface area contributed by atoms with Crippen LogP contribution in [-0.4, -0.2) is 62.1 Å². The fraction of sp³-hybridized carbons (Fsp3) is 0.609. The number of carbonyl (C=O) groups excluding carboxylic acids is 3. The Labute approximate surface area is 194 Å². The van der Waals surface area contributed by atoms with Gasteiger partial charge in [0, 0.05) is 31.7 Å². The number of benzene rings is 1. The number of piperidine rings is 1. The molecule has 4 rings (SSSR count). The summed E-state index contributed by atoms with van der Waals surface area (Å²) >= 11 is 0. The molecule has 180 valence electrons. The Morgan fingerprint density at radius 2 is 1.67 bits per heavy atom. The molecule has 2 saturated heterocycles. The van der Waals surface area contributed by atoms with Crippen molar-refractivity contribution in [2.24, 2.45) is 11.8 Å². The molecular formula is C23H31N3O6S. The standard InChI is InChI=1S/C23H31N3O6S/c1-32-19-10-9-16(15-20(19)33(30,31)25-12-5-2-6-13-25)24-21(27)11-14-26-22(28)17-7-3-4-8-18(17)23(26)29/h9-10,15,17-18H,2-8,11-14H2,1H3,(H,24,27)/t17-,18+. The smallest absolute Gasteiger partial charge is 0.246 e. The van der Waals surface area contributed by atoms with Crippen molar-refractivity contribution in [3.05, 3.63) is 18.2 Å². The van der Waals surface area contributed by atoms with Crippen molar-refractivity contribution in [1.29, 1.82) is 0 Å². The van der Waals surface area contributed by atoms with Crippen molar-refractivity contribution < 1.29 is 27.5 Å². The highest BCUT2D eigenvalue weighted by Crippen LogP contribution is 2.38. The third-order valence-corrected chi connectivity index (χ3v) is 8.79. The SMILES string of the molecule is COc1ccc(NC(=O)CCN2C(=O)[C@H]3CCCC[C@H]3C2=O)cc1S(=O)(=O)N1CCCCC1. The van der Waals surface area contributed by atoms with Crippen LogP contribution in [0.3, 0.4) is 0 Å². The van der Waals surface area contributed by atoms with Gasteiger partial charge in [-0.05, 0) is 43.9 Å². The molecule has 1 aliphatic carbocycles. The molecule has 3 fully saturated rings. The van der Waals surface area contributed by atoms with Crippen molar-refractivity contribution in [2.45, 2.75) is 56.3 Å². The van der Waals surface area contributed by atoms with Crippen LogP contribution >= 0.6 is 0 Å². The minimum atomic E-state index is -3.76. The number of hydrogen-bond acceptors (Lipinski definition) is 6. The molecule has 33 heavy (non-hydrogen) atoms. The highest BCUT2D eigenvalue weighted by molar-refractivity contribution is 7.89. The highest BCUT2D eigenvalue weighted by Gasteiger charge is 2.47. The number of hydrogen-bond donors (Lipinski definition) is 1. The molecule has 2 atom stereocenters. The summed E-state index contributed by atoms with van der Waals surface area (Å²) in [6.45, 7) is 0.954. The maximum absolute atomic E-state index is 13.2. The summed E-state index contributed by atoms with van der Waals surface area (Å²) in [7, 11) is -2.35. The molecule has 1 aromatic rings. The third kappa shape index (κ3) is 4.77. The number of likely N-dealkylation sites (tertiary alicyclic amines) is 1. The number of nitrogens with one attached hydrogen (secondary N) is 1. The summed E-state index contributed by atoms with van der Waals surface area (Å²) < 4.78 is 33.0. The van der Waals surface area contributed by atoms with Gasteiger partial charge in [-0.1, -0.05) is 19.3 Å². The molecule has 0 unspecified atom stereocenters. The molecule has 3 amide bonds. The van der Waals surface area contributed by atoms with Crippen molar-refractivity contribution in [1.82, 2.24) is 9.21 Å². The second-order valence-corrected chi connectivity index (χ2v) is 10.9. The van der Waals surface area contributed by atoms with Crippen molar-refractivity contribution in [3.63, 3.8) is 0 Å². The molecule has 1 saturated carbocycles. The average Bonchev–Trinajstić information content (AvgIpc) is 3.08. The molecule has 1 N–H and O–H groups in total. The van der Waals surface area contributed by atoms with Crippen LogP contribution in [0.4, 0.5) is 5.69 Å². The van der Waals surface area contributed by atoms with Crippen LogP contribution in [0, 0.1) is 11.8 Å². The van der Waals surface area contributed by atoms with E-state index in [4.69, 9.17) is 4.74 Å². The van der Waals surface area contributed by atoms with E-state index in [1.54, 1.807) is 6.07 Å². The molecule has 9 nitrogen and oxygen atoms in total. The van der Waals surface area contributed by atoms with Crippen LogP contribution in [0.15, 0.2) is 23.1 Å². The van der Waals surface area contributed by atoms with E-state index in [1.807, 2.05) is 0 Å². The fourth-order valence-electron chi connectivity index (χ4n) is 5.09. The topological polar surface area (TPSA) is 113 Å². The number of rotatable bonds is 7. The van der Waals surface area contributed by atoms with E-state index >= 15 is 0 Å². The lowest BCUT2D eigenvalue weighted by atomic mass is 9.81. The normalized spacial score (nSPS) is 24.0. The summed E-state index contributed by atoms with van der Waals surface area (Å²) in [5.41, 5.74) is 0.323. The molecular weight excluding hydrogens is 446 g/mol. The predicted molar refractivity (Wildman–Crippen MR) is 121 cm³/mol. The first-order chi connectivity index (χ1) is 15.8. The van der Waals surface area contributed by atoms with E-state index in [1.165, 1.54) is 28.4 Å². The number of imide groups is 1. The molecule has 0 radical (unpaired) electrons. The summed E-state index contributed by atoms with van der Waals surface area (Å²) in [6, 6.07) is 4.50. The van der Waals surface area contributed by atoms with Crippen LogP contribution in [0.25, 0.3) is 0 Å². The number of sulfonamides is 1. The maximum atomic E-state index is 13.2. The van der Waals surface area contributed by atoms with Gasteiger partial charge >= 0.3 is 0 Å². The van der Waals surface area contributed by atoms with Gasteiger partial charge in [-0.25, -0.2) is 8.42 Å².